The summed E-state index contributed by atoms with van der Waals surface area (Å²) in [4.78, 5) is 11.0. The molecule has 8 aromatic carbocycles. The van der Waals surface area contributed by atoms with Crippen molar-refractivity contribution in [2.45, 2.75) is 6.92 Å². The number of para-hydroxylation sites is 3. The molecule has 0 aliphatic heterocycles. The van der Waals surface area contributed by atoms with Gasteiger partial charge in [0.05, 0.1) is 22.1 Å². The molecule has 0 saturated carbocycles. The number of rotatable bonds is 4. The van der Waals surface area contributed by atoms with Crippen molar-refractivity contribution in [3.8, 4) is 39.6 Å². The number of hydrogen-bond donors (Lipinski definition) is 0. The van der Waals surface area contributed by atoms with Crippen molar-refractivity contribution in [1.29, 1.82) is 0 Å². The van der Waals surface area contributed by atoms with E-state index in [2.05, 4.69) is 133 Å². The topological polar surface area (TPSA) is 70.1 Å². The summed E-state index contributed by atoms with van der Waals surface area (Å²) in [7, 11) is 0. The Morgan fingerprint density at radius 3 is 1.76 bits per heavy atom. The highest BCUT2D eigenvalue weighted by Crippen LogP contribution is 2.44. The number of nitrogens with zero attached hydrogens (tertiary/aromatic N) is 3. The first-order chi connectivity index (χ1) is 29.2. The molecule has 0 N–H and O–H groups in total. The second kappa shape index (κ2) is 12.0. The van der Waals surface area contributed by atoms with E-state index in [1.54, 1.807) is 0 Å². The number of fused-ring (bicyclic) bond motifs is 13. The third-order valence-corrected chi connectivity index (χ3v) is 12.0. The van der Waals surface area contributed by atoms with Gasteiger partial charge in [0.15, 0.2) is 5.82 Å². The van der Waals surface area contributed by atoms with Crippen molar-refractivity contribution in [2.24, 2.45) is 0 Å². The SMILES string of the molecule is Cc1c(-c2cccc3oc4ccccc4c23)nc(-c2ccc3c(c2)oc2cccc(-c4ccccc4)c23)nc1-n1c2ccccc2c2ccc3oc4ccccc4c3c21. The van der Waals surface area contributed by atoms with Crippen LogP contribution in [0.5, 0.6) is 0 Å². The first-order valence-electron chi connectivity index (χ1n) is 19.8. The number of hydrogen-bond acceptors (Lipinski definition) is 5. The smallest absolute Gasteiger partial charge is 0.162 e. The van der Waals surface area contributed by atoms with Crippen molar-refractivity contribution in [3.63, 3.8) is 0 Å². The van der Waals surface area contributed by atoms with Gasteiger partial charge in [-0.3, -0.25) is 4.57 Å². The van der Waals surface area contributed by atoms with Crippen LogP contribution in [0.25, 0.3) is 127 Å². The zero-order chi connectivity index (χ0) is 38.8. The molecule has 5 aromatic heterocycles. The Morgan fingerprint density at radius 2 is 0.983 bits per heavy atom. The van der Waals surface area contributed by atoms with Crippen LogP contribution in [-0.4, -0.2) is 14.5 Å². The van der Waals surface area contributed by atoms with Crippen LogP contribution in [0.15, 0.2) is 183 Å². The summed E-state index contributed by atoms with van der Waals surface area (Å²) in [5.74, 6) is 1.38. The maximum atomic E-state index is 6.63. The van der Waals surface area contributed by atoms with Crippen LogP contribution >= 0.6 is 0 Å². The molecular weight excluding hydrogens is 727 g/mol. The van der Waals surface area contributed by atoms with Gasteiger partial charge >= 0.3 is 0 Å². The third kappa shape index (κ3) is 4.57. The summed E-state index contributed by atoms with van der Waals surface area (Å²) >= 11 is 0. The van der Waals surface area contributed by atoms with Gasteiger partial charge in [-0.2, -0.15) is 0 Å². The van der Waals surface area contributed by atoms with E-state index in [0.717, 1.165) is 127 Å². The van der Waals surface area contributed by atoms with Crippen LogP contribution in [0.4, 0.5) is 0 Å². The molecule has 13 rings (SSSR count). The van der Waals surface area contributed by atoms with E-state index < -0.39 is 0 Å². The Morgan fingerprint density at radius 1 is 0.407 bits per heavy atom. The van der Waals surface area contributed by atoms with E-state index in [1.807, 2.05) is 48.5 Å². The second-order valence-electron chi connectivity index (χ2n) is 15.3. The van der Waals surface area contributed by atoms with Crippen molar-refractivity contribution < 1.29 is 13.3 Å². The average molecular weight is 758 g/mol. The molecule has 0 fully saturated rings. The molecule has 0 spiro atoms. The summed E-state index contributed by atoms with van der Waals surface area (Å²) in [5, 5.41) is 8.57. The molecule has 5 heterocycles. The Hall–Kier alpha value is -7.96. The fraction of sp³-hybridized carbons (Fsp3) is 0.0189. The molecule has 0 bridgehead atoms. The van der Waals surface area contributed by atoms with Gasteiger partial charge in [0, 0.05) is 54.4 Å². The third-order valence-electron chi connectivity index (χ3n) is 12.0. The second-order valence-corrected chi connectivity index (χ2v) is 15.3. The van der Waals surface area contributed by atoms with Crippen LogP contribution in [0.3, 0.4) is 0 Å². The predicted molar refractivity (Wildman–Crippen MR) is 239 cm³/mol. The van der Waals surface area contributed by atoms with Crippen LogP contribution < -0.4 is 0 Å². The van der Waals surface area contributed by atoms with Crippen LogP contribution in [-0.2, 0) is 0 Å². The molecule has 0 unspecified atom stereocenters. The fourth-order valence-corrected chi connectivity index (χ4v) is 9.39. The van der Waals surface area contributed by atoms with Gasteiger partial charge in [0.1, 0.15) is 39.3 Å². The van der Waals surface area contributed by atoms with Gasteiger partial charge < -0.3 is 13.3 Å². The monoisotopic (exact) mass is 757 g/mol. The van der Waals surface area contributed by atoms with Crippen LogP contribution in [0.1, 0.15) is 5.56 Å². The van der Waals surface area contributed by atoms with E-state index in [9.17, 15) is 0 Å². The molecule has 6 nitrogen and oxygen atoms in total. The molecule has 0 aliphatic rings. The minimum absolute atomic E-state index is 0.589. The summed E-state index contributed by atoms with van der Waals surface area (Å²) in [5.41, 5.74) is 12.9. The number of furan rings is 3. The van der Waals surface area contributed by atoms with Crippen molar-refractivity contribution in [1.82, 2.24) is 14.5 Å². The normalized spacial score (nSPS) is 12.2. The molecule has 0 saturated heterocycles. The van der Waals surface area contributed by atoms with Crippen molar-refractivity contribution >= 4 is 87.6 Å². The molecule has 13 aromatic rings. The highest BCUT2D eigenvalue weighted by molar-refractivity contribution is 6.24. The van der Waals surface area contributed by atoms with Gasteiger partial charge in [0.25, 0.3) is 0 Å². The van der Waals surface area contributed by atoms with E-state index in [1.165, 1.54) is 0 Å². The Labute approximate surface area is 336 Å². The molecule has 0 atom stereocenters. The van der Waals surface area contributed by atoms with Gasteiger partial charge in [0.2, 0.25) is 0 Å². The quantitative estimate of drug-likeness (QED) is 0.179. The minimum atomic E-state index is 0.589. The van der Waals surface area contributed by atoms with Crippen LogP contribution in [0, 0.1) is 6.92 Å². The van der Waals surface area contributed by atoms with Gasteiger partial charge in [-0.15, -0.1) is 0 Å². The summed E-state index contributed by atoms with van der Waals surface area (Å²) in [6.07, 6.45) is 0. The number of aromatic nitrogens is 3. The summed E-state index contributed by atoms with van der Waals surface area (Å²) < 4.78 is 21.8. The lowest BCUT2D eigenvalue weighted by Gasteiger charge is -2.17. The van der Waals surface area contributed by atoms with E-state index in [4.69, 9.17) is 23.2 Å². The zero-order valence-corrected chi connectivity index (χ0v) is 31.7. The molecule has 6 heteroatoms. The maximum absolute atomic E-state index is 6.63. The van der Waals surface area contributed by atoms with E-state index in [-0.39, 0.29) is 0 Å². The summed E-state index contributed by atoms with van der Waals surface area (Å²) in [6, 6.07) is 58.6. The highest BCUT2D eigenvalue weighted by atomic mass is 16.3. The fourth-order valence-electron chi connectivity index (χ4n) is 9.39. The highest BCUT2D eigenvalue weighted by Gasteiger charge is 2.25. The van der Waals surface area contributed by atoms with Crippen molar-refractivity contribution in [2.75, 3.05) is 0 Å². The molecule has 59 heavy (non-hydrogen) atoms. The Balaban J connectivity index is 1.14. The lowest BCUT2D eigenvalue weighted by Crippen LogP contribution is -2.06. The van der Waals surface area contributed by atoms with Gasteiger partial charge in [-0.1, -0.05) is 115 Å². The largest absolute Gasteiger partial charge is 0.456 e. The van der Waals surface area contributed by atoms with Crippen molar-refractivity contribution in [3.05, 3.63) is 175 Å². The molecule has 0 amide bonds. The average Bonchev–Trinajstić information content (AvgIpc) is 4.05. The minimum Gasteiger partial charge on any atom is -0.456 e. The van der Waals surface area contributed by atoms with Crippen LogP contribution in [0.2, 0.25) is 0 Å². The lowest BCUT2D eigenvalue weighted by molar-refractivity contribution is 0.668. The molecule has 0 radical (unpaired) electrons. The Bertz CT molecular complexity index is 3870. The number of benzene rings is 8. The first kappa shape index (κ1) is 32.2. The summed E-state index contributed by atoms with van der Waals surface area (Å²) in [6.45, 7) is 2.14. The lowest BCUT2D eigenvalue weighted by atomic mass is 9.99. The van der Waals surface area contributed by atoms with E-state index >= 15 is 0 Å². The standard InChI is InChI=1S/C53H31N3O3/c1-30-50(39-19-12-24-44-48(39)36-16-6-9-21-41(36)57-44)54-52(32-25-26-38-46(29-32)59-43-23-11-18-33(47(38)43)31-13-3-2-4-14-31)55-53(30)56-40-20-8-5-15-34(40)35-27-28-45-49(51(35)56)37-17-7-10-22-42(37)58-45/h2-29H,1H3. The van der Waals surface area contributed by atoms with Gasteiger partial charge in [-0.25, -0.2) is 9.97 Å². The maximum Gasteiger partial charge on any atom is 0.162 e. The molecule has 0 aliphatic carbocycles. The Kier molecular flexibility index (Phi) is 6.55. The van der Waals surface area contributed by atoms with E-state index in [0.29, 0.717) is 5.82 Å². The zero-order valence-electron chi connectivity index (χ0n) is 31.7. The van der Waals surface area contributed by atoms with Gasteiger partial charge in [-0.05, 0) is 72.6 Å². The molecular formula is C53H31N3O3. The predicted octanol–water partition coefficient (Wildman–Crippen LogP) is 14.6. The first-order valence-corrected chi connectivity index (χ1v) is 19.8. The molecule has 276 valence electrons.